The van der Waals surface area contributed by atoms with Gasteiger partial charge in [0.05, 0.1) is 12.6 Å². The Morgan fingerprint density at radius 1 is 1.53 bits per heavy atom. The number of hydroxylamine groups is 2. The fourth-order valence-electron chi connectivity index (χ4n) is 1.83. The van der Waals surface area contributed by atoms with Gasteiger partial charge in [0.1, 0.15) is 11.9 Å². The second-order valence-corrected chi connectivity index (χ2v) is 3.75. The molecule has 2 rings (SSSR count). The average molecular weight is 211 g/mol. The van der Waals surface area contributed by atoms with Crippen LogP contribution in [0.3, 0.4) is 0 Å². The Balaban J connectivity index is 2.22. The van der Waals surface area contributed by atoms with Crippen molar-refractivity contribution in [1.29, 1.82) is 0 Å². The van der Waals surface area contributed by atoms with Gasteiger partial charge >= 0.3 is 0 Å². The number of rotatable bonds is 1. The second-order valence-electron chi connectivity index (χ2n) is 3.75. The zero-order valence-corrected chi connectivity index (χ0v) is 8.56. The molecule has 15 heavy (non-hydrogen) atoms. The Labute approximate surface area is 88.0 Å². The van der Waals surface area contributed by atoms with Crippen molar-refractivity contribution >= 4 is 0 Å². The smallest absolute Gasteiger partial charge is 0.123 e. The normalized spacial score (nSPS) is 27.9. The zero-order chi connectivity index (χ0) is 10.8. The van der Waals surface area contributed by atoms with E-state index < -0.39 is 0 Å². The van der Waals surface area contributed by atoms with E-state index in [4.69, 9.17) is 4.74 Å². The van der Waals surface area contributed by atoms with Crippen LogP contribution in [0.5, 0.6) is 0 Å². The van der Waals surface area contributed by atoms with Crippen LogP contribution >= 0.6 is 0 Å². The molecule has 2 atom stereocenters. The summed E-state index contributed by atoms with van der Waals surface area (Å²) in [7, 11) is 0. The Morgan fingerprint density at radius 3 is 3.07 bits per heavy atom. The molecule has 3 nitrogen and oxygen atoms in total. The van der Waals surface area contributed by atoms with Gasteiger partial charge in [-0.25, -0.2) is 4.39 Å². The van der Waals surface area contributed by atoms with E-state index >= 15 is 0 Å². The monoisotopic (exact) mass is 211 g/mol. The molecule has 1 aromatic rings. The van der Waals surface area contributed by atoms with E-state index in [-0.39, 0.29) is 18.0 Å². The van der Waals surface area contributed by atoms with Crippen molar-refractivity contribution in [3.8, 4) is 0 Å². The molecule has 0 aromatic heterocycles. The van der Waals surface area contributed by atoms with Crippen LogP contribution < -0.4 is 0 Å². The summed E-state index contributed by atoms with van der Waals surface area (Å²) in [5.74, 6) is -0.279. The van der Waals surface area contributed by atoms with Crippen LogP contribution in [0, 0.1) is 5.82 Å². The topological polar surface area (TPSA) is 32.7 Å². The summed E-state index contributed by atoms with van der Waals surface area (Å²) in [4.78, 5) is 0. The minimum absolute atomic E-state index is 0.152. The third-order valence-corrected chi connectivity index (χ3v) is 2.70. The van der Waals surface area contributed by atoms with E-state index in [1.165, 1.54) is 17.2 Å². The third kappa shape index (κ3) is 2.17. The lowest BCUT2D eigenvalue weighted by atomic mass is 10.0. The molecule has 0 spiro atoms. The Bertz CT molecular complexity index is 345. The van der Waals surface area contributed by atoms with Gasteiger partial charge in [0.25, 0.3) is 0 Å². The van der Waals surface area contributed by atoms with Crippen molar-refractivity contribution in [3.05, 3.63) is 35.6 Å². The first-order valence-corrected chi connectivity index (χ1v) is 5.01. The highest BCUT2D eigenvalue weighted by Gasteiger charge is 2.29. The zero-order valence-electron chi connectivity index (χ0n) is 8.56. The minimum atomic E-state index is -0.279. The summed E-state index contributed by atoms with van der Waals surface area (Å²) >= 11 is 0. The molecular formula is C11H14FNO2. The molecule has 1 aliphatic rings. The molecule has 1 aromatic carbocycles. The highest BCUT2D eigenvalue weighted by atomic mass is 19.1. The SMILES string of the molecule is CC1C(c2cccc(F)c2)OCCN1O. The van der Waals surface area contributed by atoms with Crippen LogP contribution in [0.25, 0.3) is 0 Å². The number of nitrogens with zero attached hydrogens (tertiary/aromatic N) is 1. The van der Waals surface area contributed by atoms with E-state index in [1.54, 1.807) is 6.07 Å². The van der Waals surface area contributed by atoms with E-state index in [9.17, 15) is 9.60 Å². The fourth-order valence-corrected chi connectivity index (χ4v) is 1.83. The maximum Gasteiger partial charge on any atom is 0.123 e. The van der Waals surface area contributed by atoms with Gasteiger partial charge in [0, 0.05) is 6.54 Å². The van der Waals surface area contributed by atoms with Crippen LogP contribution in [0.15, 0.2) is 24.3 Å². The molecule has 82 valence electrons. The predicted molar refractivity (Wildman–Crippen MR) is 53.0 cm³/mol. The Hall–Kier alpha value is -0.970. The first kappa shape index (κ1) is 10.5. The summed E-state index contributed by atoms with van der Waals surface area (Å²) in [6.45, 7) is 2.81. The van der Waals surface area contributed by atoms with Crippen LogP contribution in [-0.4, -0.2) is 29.5 Å². The average Bonchev–Trinajstić information content (AvgIpc) is 2.22. The van der Waals surface area contributed by atoms with Gasteiger partial charge in [0.2, 0.25) is 0 Å². The van der Waals surface area contributed by atoms with Crippen molar-refractivity contribution in [2.24, 2.45) is 0 Å². The summed E-state index contributed by atoms with van der Waals surface area (Å²) in [6.07, 6.45) is -0.264. The highest BCUT2D eigenvalue weighted by molar-refractivity contribution is 5.20. The van der Waals surface area contributed by atoms with Gasteiger partial charge in [-0.2, -0.15) is 5.06 Å². The lowest BCUT2D eigenvalue weighted by molar-refractivity contribution is -0.204. The van der Waals surface area contributed by atoms with Gasteiger partial charge in [-0.1, -0.05) is 12.1 Å². The number of hydrogen-bond donors (Lipinski definition) is 1. The van der Waals surface area contributed by atoms with Gasteiger partial charge in [-0.15, -0.1) is 0 Å². The van der Waals surface area contributed by atoms with Gasteiger partial charge in [0.15, 0.2) is 0 Å². The molecule has 1 N–H and O–H groups in total. The van der Waals surface area contributed by atoms with Crippen molar-refractivity contribution < 1.29 is 14.3 Å². The van der Waals surface area contributed by atoms with Gasteiger partial charge in [-0.3, -0.25) is 0 Å². The molecule has 4 heteroatoms. The first-order chi connectivity index (χ1) is 7.18. The molecule has 1 saturated heterocycles. The number of ether oxygens (including phenoxy) is 1. The molecule has 1 aliphatic heterocycles. The van der Waals surface area contributed by atoms with Crippen molar-refractivity contribution in [1.82, 2.24) is 5.06 Å². The van der Waals surface area contributed by atoms with E-state index in [0.29, 0.717) is 13.2 Å². The Kier molecular flexibility index (Phi) is 3.00. The number of benzene rings is 1. The van der Waals surface area contributed by atoms with Crippen LogP contribution in [0.4, 0.5) is 4.39 Å². The molecular weight excluding hydrogens is 197 g/mol. The van der Waals surface area contributed by atoms with Gasteiger partial charge < -0.3 is 9.94 Å². The molecule has 0 bridgehead atoms. The quantitative estimate of drug-likeness (QED) is 0.771. The highest BCUT2D eigenvalue weighted by Crippen LogP contribution is 2.27. The van der Waals surface area contributed by atoms with Crippen LogP contribution in [0.1, 0.15) is 18.6 Å². The molecule has 0 aliphatic carbocycles. The molecule has 1 heterocycles. The van der Waals surface area contributed by atoms with Crippen LogP contribution in [-0.2, 0) is 4.74 Å². The summed E-state index contributed by atoms with van der Waals surface area (Å²) in [5, 5.41) is 10.8. The summed E-state index contributed by atoms with van der Waals surface area (Å²) in [6, 6.07) is 6.15. The van der Waals surface area contributed by atoms with E-state index in [0.717, 1.165) is 5.56 Å². The van der Waals surface area contributed by atoms with Crippen LogP contribution in [0.2, 0.25) is 0 Å². The maximum absolute atomic E-state index is 13.0. The lowest BCUT2D eigenvalue weighted by Crippen LogP contribution is -2.43. The minimum Gasteiger partial charge on any atom is -0.370 e. The summed E-state index contributed by atoms with van der Waals surface area (Å²) in [5.41, 5.74) is 0.765. The maximum atomic E-state index is 13.0. The molecule has 2 unspecified atom stereocenters. The van der Waals surface area contributed by atoms with E-state index in [2.05, 4.69) is 0 Å². The standard InChI is InChI=1S/C11H14FNO2/c1-8-11(15-6-5-13(8)14)9-3-2-4-10(12)7-9/h2-4,7-8,11,14H,5-6H2,1H3. The lowest BCUT2D eigenvalue weighted by Gasteiger charge is -2.35. The van der Waals surface area contributed by atoms with Crippen molar-refractivity contribution in [2.75, 3.05) is 13.2 Å². The Morgan fingerprint density at radius 2 is 2.33 bits per heavy atom. The first-order valence-electron chi connectivity index (χ1n) is 5.01. The molecule has 0 radical (unpaired) electrons. The molecule has 0 saturated carbocycles. The summed E-state index contributed by atoms with van der Waals surface area (Å²) < 4.78 is 18.5. The molecule has 0 amide bonds. The molecule has 1 fully saturated rings. The largest absolute Gasteiger partial charge is 0.370 e. The van der Waals surface area contributed by atoms with Crippen molar-refractivity contribution in [2.45, 2.75) is 19.1 Å². The number of halogens is 1. The fraction of sp³-hybridized carbons (Fsp3) is 0.455. The number of hydrogen-bond acceptors (Lipinski definition) is 3. The predicted octanol–water partition coefficient (Wildman–Crippen LogP) is 1.98. The van der Waals surface area contributed by atoms with Gasteiger partial charge in [-0.05, 0) is 24.6 Å². The van der Waals surface area contributed by atoms with Crippen molar-refractivity contribution in [3.63, 3.8) is 0 Å². The second kappa shape index (κ2) is 4.26. The van der Waals surface area contributed by atoms with E-state index in [1.807, 2.05) is 13.0 Å². The third-order valence-electron chi connectivity index (χ3n) is 2.70. The number of morpholine rings is 1.